The molecule has 0 aliphatic rings. The van der Waals surface area contributed by atoms with Gasteiger partial charge in [-0.25, -0.2) is 0 Å². The number of aliphatic hydroxyl groups is 1. The van der Waals surface area contributed by atoms with Crippen molar-refractivity contribution in [3.8, 4) is 0 Å². The number of rotatable bonds is 6. The molecule has 2 rings (SSSR count). The lowest BCUT2D eigenvalue weighted by Gasteiger charge is -2.16. The predicted octanol–water partition coefficient (Wildman–Crippen LogP) is 2.90. The highest BCUT2D eigenvalue weighted by Crippen LogP contribution is 2.29. The monoisotopic (exact) mass is 325 g/mol. The molecule has 1 aromatic heterocycles. The number of likely N-dealkylation sites (N-methyl/N-ethyl adjacent to an activating group) is 1. The summed E-state index contributed by atoms with van der Waals surface area (Å²) in [5, 5.41) is 15.4. The van der Waals surface area contributed by atoms with Gasteiger partial charge in [0.25, 0.3) is 0 Å². The Labute approximate surface area is 134 Å². The van der Waals surface area contributed by atoms with E-state index in [2.05, 4.69) is 10.00 Å². The summed E-state index contributed by atoms with van der Waals surface area (Å²) in [4.78, 5) is 3.23. The molecule has 2 aromatic rings. The van der Waals surface area contributed by atoms with Gasteiger partial charge in [0, 0.05) is 11.4 Å². The minimum Gasteiger partial charge on any atom is -0.382 e. The van der Waals surface area contributed by atoms with Gasteiger partial charge in [-0.3, -0.25) is 4.68 Å². The number of aromatic nitrogens is 2. The molecule has 1 heterocycles. The number of hydrogen-bond donors (Lipinski definition) is 1. The van der Waals surface area contributed by atoms with Crippen LogP contribution in [0.25, 0.3) is 0 Å². The predicted molar refractivity (Wildman–Crippen MR) is 88.1 cm³/mol. The number of benzene rings is 1. The quantitative estimate of drug-likeness (QED) is 0.829. The van der Waals surface area contributed by atoms with E-state index in [4.69, 9.17) is 11.6 Å². The Balaban J connectivity index is 2.24. The number of aliphatic hydroxyl groups excluding tert-OH is 1. The third-order valence-corrected chi connectivity index (χ3v) is 4.32. The smallest absolute Gasteiger partial charge is 0.122 e. The standard InChI is InChI=1S/C15H20ClN3OS/c1-18(2)8-9-19-14(13(16)10-17-19)15(20)11-4-6-12(21-3)7-5-11/h4-7,10,15,20H,8-9H2,1-3H3. The molecular formula is C15H20ClN3OS. The van der Waals surface area contributed by atoms with Crippen molar-refractivity contribution in [1.82, 2.24) is 14.7 Å². The number of halogens is 1. The Morgan fingerprint density at radius 2 is 2.00 bits per heavy atom. The highest BCUT2D eigenvalue weighted by Gasteiger charge is 2.19. The second kappa shape index (κ2) is 7.31. The first kappa shape index (κ1) is 16.4. The second-order valence-electron chi connectivity index (χ2n) is 5.08. The largest absolute Gasteiger partial charge is 0.382 e. The molecule has 0 saturated heterocycles. The van der Waals surface area contributed by atoms with Crippen LogP contribution in [0.15, 0.2) is 35.4 Å². The van der Waals surface area contributed by atoms with Crippen molar-refractivity contribution < 1.29 is 5.11 Å². The Hall–Kier alpha value is -1.01. The maximum atomic E-state index is 10.6. The molecule has 114 valence electrons. The molecular weight excluding hydrogens is 306 g/mol. The normalized spacial score (nSPS) is 12.9. The molecule has 0 aliphatic heterocycles. The van der Waals surface area contributed by atoms with Crippen LogP contribution in [0.5, 0.6) is 0 Å². The first-order chi connectivity index (χ1) is 10.0. The van der Waals surface area contributed by atoms with Gasteiger partial charge in [-0.2, -0.15) is 5.10 Å². The van der Waals surface area contributed by atoms with Crippen LogP contribution in [0.3, 0.4) is 0 Å². The maximum Gasteiger partial charge on any atom is 0.122 e. The van der Waals surface area contributed by atoms with Crippen LogP contribution in [0.1, 0.15) is 17.4 Å². The van der Waals surface area contributed by atoms with E-state index in [-0.39, 0.29) is 0 Å². The summed E-state index contributed by atoms with van der Waals surface area (Å²) in [6, 6.07) is 7.85. The van der Waals surface area contributed by atoms with Crippen LogP contribution in [0.2, 0.25) is 5.02 Å². The maximum absolute atomic E-state index is 10.6. The van der Waals surface area contributed by atoms with Crippen LogP contribution in [0, 0.1) is 0 Å². The highest BCUT2D eigenvalue weighted by molar-refractivity contribution is 7.98. The van der Waals surface area contributed by atoms with Crippen molar-refractivity contribution in [2.75, 3.05) is 26.9 Å². The Morgan fingerprint density at radius 3 is 2.57 bits per heavy atom. The molecule has 0 bridgehead atoms. The van der Waals surface area contributed by atoms with Gasteiger partial charge in [-0.15, -0.1) is 11.8 Å². The van der Waals surface area contributed by atoms with E-state index in [1.807, 2.05) is 44.6 Å². The van der Waals surface area contributed by atoms with Crippen LogP contribution in [-0.4, -0.2) is 46.7 Å². The molecule has 1 N–H and O–H groups in total. The summed E-state index contributed by atoms with van der Waals surface area (Å²) in [6.45, 7) is 1.53. The van der Waals surface area contributed by atoms with Crippen LogP contribution in [0.4, 0.5) is 0 Å². The lowest BCUT2D eigenvalue weighted by molar-refractivity contribution is 0.205. The summed E-state index contributed by atoms with van der Waals surface area (Å²) in [5.74, 6) is 0. The molecule has 0 fully saturated rings. The van der Waals surface area contributed by atoms with Gasteiger partial charge in [-0.05, 0) is 38.0 Å². The van der Waals surface area contributed by atoms with Gasteiger partial charge in [0.05, 0.1) is 23.5 Å². The van der Waals surface area contributed by atoms with E-state index in [1.165, 1.54) is 0 Å². The molecule has 0 radical (unpaired) electrons. The minimum atomic E-state index is -0.766. The summed E-state index contributed by atoms with van der Waals surface area (Å²) in [5.41, 5.74) is 1.47. The fourth-order valence-electron chi connectivity index (χ4n) is 2.06. The van der Waals surface area contributed by atoms with Gasteiger partial charge in [0.2, 0.25) is 0 Å². The zero-order valence-electron chi connectivity index (χ0n) is 12.5. The van der Waals surface area contributed by atoms with Gasteiger partial charge in [-0.1, -0.05) is 23.7 Å². The molecule has 0 saturated carbocycles. The third-order valence-electron chi connectivity index (χ3n) is 3.28. The van der Waals surface area contributed by atoms with Crippen LogP contribution >= 0.6 is 23.4 Å². The molecule has 21 heavy (non-hydrogen) atoms. The molecule has 0 spiro atoms. The van der Waals surface area contributed by atoms with E-state index >= 15 is 0 Å². The minimum absolute atomic E-state index is 0.496. The number of nitrogens with zero attached hydrogens (tertiary/aromatic N) is 3. The van der Waals surface area contributed by atoms with Gasteiger partial charge < -0.3 is 10.0 Å². The second-order valence-corrected chi connectivity index (χ2v) is 6.37. The molecule has 1 unspecified atom stereocenters. The van der Waals surface area contributed by atoms with Crippen molar-refractivity contribution in [3.63, 3.8) is 0 Å². The average Bonchev–Trinajstić information content (AvgIpc) is 2.85. The van der Waals surface area contributed by atoms with E-state index in [0.29, 0.717) is 17.3 Å². The first-order valence-corrected chi connectivity index (χ1v) is 8.31. The fraction of sp³-hybridized carbons (Fsp3) is 0.400. The van der Waals surface area contributed by atoms with Crippen LogP contribution in [-0.2, 0) is 6.54 Å². The number of thioether (sulfide) groups is 1. The van der Waals surface area contributed by atoms with Crippen molar-refractivity contribution in [1.29, 1.82) is 0 Å². The summed E-state index contributed by atoms with van der Waals surface area (Å²) in [7, 11) is 4.00. The van der Waals surface area contributed by atoms with Gasteiger partial charge in [0.1, 0.15) is 6.10 Å². The SMILES string of the molecule is CSc1ccc(C(O)c2c(Cl)cnn2CCN(C)C)cc1. The number of hydrogen-bond acceptors (Lipinski definition) is 4. The molecule has 4 nitrogen and oxygen atoms in total. The Bertz CT molecular complexity index is 583. The first-order valence-electron chi connectivity index (χ1n) is 6.71. The Morgan fingerprint density at radius 1 is 1.33 bits per heavy atom. The summed E-state index contributed by atoms with van der Waals surface area (Å²) in [6.07, 6.45) is 2.85. The molecule has 1 aromatic carbocycles. The lowest BCUT2D eigenvalue weighted by Crippen LogP contribution is -2.21. The molecule has 1 atom stereocenters. The van der Waals surface area contributed by atoms with Gasteiger partial charge in [0.15, 0.2) is 0 Å². The van der Waals surface area contributed by atoms with Crippen molar-refractivity contribution in [2.45, 2.75) is 17.5 Å². The molecule has 0 amide bonds. The highest BCUT2D eigenvalue weighted by atomic mass is 35.5. The van der Waals surface area contributed by atoms with Gasteiger partial charge >= 0.3 is 0 Å². The molecule has 6 heteroatoms. The Kier molecular flexibility index (Phi) is 5.70. The van der Waals surface area contributed by atoms with Crippen molar-refractivity contribution in [2.24, 2.45) is 0 Å². The lowest BCUT2D eigenvalue weighted by atomic mass is 10.1. The molecule has 0 aliphatic carbocycles. The van der Waals surface area contributed by atoms with Crippen molar-refractivity contribution >= 4 is 23.4 Å². The summed E-state index contributed by atoms with van der Waals surface area (Å²) < 4.78 is 1.77. The fourth-order valence-corrected chi connectivity index (χ4v) is 2.71. The van der Waals surface area contributed by atoms with Crippen LogP contribution < -0.4 is 0 Å². The third kappa shape index (κ3) is 4.01. The van der Waals surface area contributed by atoms with E-state index in [1.54, 1.807) is 22.6 Å². The zero-order valence-corrected chi connectivity index (χ0v) is 14.0. The topological polar surface area (TPSA) is 41.3 Å². The van der Waals surface area contributed by atoms with E-state index in [9.17, 15) is 5.11 Å². The van der Waals surface area contributed by atoms with Crippen molar-refractivity contribution in [3.05, 3.63) is 46.7 Å². The van der Waals surface area contributed by atoms with E-state index < -0.39 is 6.10 Å². The van der Waals surface area contributed by atoms with E-state index in [0.717, 1.165) is 17.0 Å². The average molecular weight is 326 g/mol. The zero-order chi connectivity index (χ0) is 15.4. The summed E-state index contributed by atoms with van der Waals surface area (Å²) >= 11 is 7.88.